The molecule has 1 saturated carbocycles. The maximum absolute atomic E-state index is 13.3. The van der Waals surface area contributed by atoms with E-state index in [9.17, 15) is 4.39 Å². The van der Waals surface area contributed by atoms with Gasteiger partial charge in [-0.05, 0) is 49.4 Å². The lowest BCUT2D eigenvalue weighted by Crippen LogP contribution is -2.38. The van der Waals surface area contributed by atoms with Crippen molar-refractivity contribution in [3.05, 3.63) is 34.1 Å². The van der Waals surface area contributed by atoms with Gasteiger partial charge in [-0.1, -0.05) is 15.9 Å². The summed E-state index contributed by atoms with van der Waals surface area (Å²) in [5, 5.41) is 6.51. The zero-order chi connectivity index (χ0) is 13.7. The summed E-state index contributed by atoms with van der Waals surface area (Å²) in [6.45, 7) is 4.30. The molecule has 20 heavy (non-hydrogen) atoms. The van der Waals surface area contributed by atoms with Crippen molar-refractivity contribution in [3.63, 3.8) is 0 Å². The third-order valence-corrected chi connectivity index (χ3v) is 3.40. The molecule has 6 heteroatoms. The zero-order valence-corrected chi connectivity index (χ0v) is 15.4. The van der Waals surface area contributed by atoms with Crippen LogP contribution in [0.5, 0.6) is 0 Å². The summed E-state index contributed by atoms with van der Waals surface area (Å²) >= 11 is 3.29. The average molecular weight is 456 g/mol. The van der Waals surface area contributed by atoms with Crippen molar-refractivity contribution in [1.82, 2.24) is 10.6 Å². The maximum atomic E-state index is 13.3. The second-order valence-corrected chi connectivity index (χ2v) is 5.71. The van der Waals surface area contributed by atoms with Crippen LogP contribution >= 0.6 is 39.9 Å². The van der Waals surface area contributed by atoms with Crippen LogP contribution in [0.25, 0.3) is 0 Å². The van der Waals surface area contributed by atoms with Crippen LogP contribution in [0.15, 0.2) is 27.7 Å². The first kappa shape index (κ1) is 17.7. The first-order valence-electron chi connectivity index (χ1n) is 6.64. The van der Waals surface area contributed by atoms with Crippen LogP contribution in [0.3, 0.4) is 0 Å². The monoisotopic (exact) mass is 455 g/mol. The maximum Gasteiger partial charge on any atom is 0.191 e. The molecule has 0 amide bonds. The quantitative estimate of drug-likeness (QED) is 0.403. The lowest BCUT2D eigenvalue weighted by Gasteiger charge is -2.10. The summed E-state index contributed by atoms with van der Waals surface area (Å²) in [6, 6.07) is 4.85. The van der Waals surface area contributed by atoms with Gasteiger partial charge >= 0.3 is 0 Å². The minimum absolute atomic E-state index is 0. The molecule has 1 aliphatic carbocycles. The Kier molecular flexibility index (Phi) is 7.79. The first-order valence-corrected chi connectivity index (χ1v) is 7.44. The van der Waals surface area contributed by atoms with Crippen LogP contribution in [0.4, 0.5) is 4.39 Å². The number of hydrogen-bond acceptors (Lipinski definition) is 1. The van der Waals surface area contributed by atoms with Gasteiger partial charge in [-0.15, -0.1) is 24.0 Å². The molecule has 0 heterocycles. The van der Waals surface area contributed by atoms with E-state index in [1.807, 2.05) is 13.0 Å². The molecule has 2 N–H and O–H groups in total. The largest absolute Gasteiger partial charge is 0.357 e. The molecule has 0 spiro atoms. The van der Waals surface area contributed by atoms with Gasteiger partial charge in [-0.3, -0.25) is 0 Å². The third kappa shape index (κ3) is 6.39. The third-order valence-electron chi connectivity index (χ3n) is 2.94. The number of hydrogen-bond donors (Lipinski definition) is 2. The lowest BCUT2D eigenvalue weighted by molar-refractivity contribution is 0.624. The summed E-state index contributed by atoms with van der Waals surface area (Å²) in [5.74, 6) is 1.36. The number of aliphatic imine (C=N–C) groups is 1. The highest BCUT2D eigenvalue weighted by molar-refractivity contribution is 14.0. The van der Waals surface area contributed by atoms with E-state index in [-0.39, 0.29) is 29.8 Å². The van der Waals surface area contributed by atoms with E-state index in [1.165, 1.54) is 25.0 Å². The molecule has 0 aromatic heterocycles. The standard InChI is InChI=1S/C14H19BrFN3.HI/c1-2-17-14(18-8-10-3-4-10)19-9-11-5-12(15)7-13(16)6-11;/h5-7,10H,2-4,8-9H2,1H3,(H2,17,18,19);1H. The van der Waals surface area contributed by atoms with Crippen LogP contribution in [0, 0.1) is 11.7 Å². The first-order chi connectivity index (χ1) is 9.17. The molecular formula is C14H20BrFIN3. The Morgan fingerprint density at radius 2 is 2.10 bits per heavy atom. The number of nitrogens with zero attached hydrogens (tertiary/aromatic N) is 1. The van der Waals surface area contributed by atoms with Crippen molar-refractivity contribution in [1.29, 1.82) is 0 Å². The van der Waals surface area contributed by atoms with Crippen LogP contribution in [0.1, 0.15) is 25.3 Å². The van der Waals surface area contributed by atoms with Gasteiger partial charge in [-0.25, -0.2) is 9.38 Å². The Bertz CT molecular complexity index is 443. The van der Waals surface area contributed by atoms with Crippen molar-refractivity contribution in [2.24, 2.45) is 10.9 Å². The van der Waals surface area contributed by atoms with Crippen molar-refractivity contribution in [3.8, 4) is 0 Å². The predicted molar refractivity (Wildman–Crippen MR) is 95.1 cm³/mol. The minimum atomic E-state index is -0.240. The number of rotatable bonds is 5. The summed E-state index contributed by atoms with van der Waals surface area (Å²) < 4.78 is 14.0. The summed E-state index contributed by atoms with van der Waals surface area (Å²) in [5.41, 5.74) is 0.857. The Labute approximate surface area is 145 Å². The number of nitrogens with one attached hydrogen (secondary N) is 2. The lowest BCUT2D eigenvalue weighted by atomic mass is 10.2. The molecule has 2 rings (SSSR count). The minimum Gasteiger partial charge on any atom is -0.357 e. The van der Waals surface area contributed by atoms with Gasteiger partial charge in [0.15, 0.2) is 5.96 Å². The predicted octanol–water partition coefficient (Wildman–Crippen LogP) is 3.67. The van der Waals surface area contributed by atoms with Crippen LogP contribution in [0.2, 0.25) is 0 Å². The second kappa shape index (κ2) is 8.81. The fourth-order valence-electron chi connectivity index (χ4n) is 1.78. The van der Waals surface area contributed by atoms with E-state index in [4.69, 9.17) is 0 Å². The van der Waals surface area contributed by atoms with Crippen LogP contribution in [-0.2, 0) is 6.54 Å². The van der Waals surface area contributed by atoms with Gasteiger partial charge < -0.3 is 10.6 Å². The van der Waals surface area contributed by atoms with Gasteiger partial charge in [0.2, 0.25) is 0 Å². The molecule has 112 valence electrons. The second-order valence-electron chi connectivity index (χ2n) is 4.80. The molecule has 3 nitrogen and oxygen atoms in total. The Balaban J connectivity index is 0.00000200. The normalized spacial score (nSPS) is 14.7. The zero-order valence-electron chi connectivity index (χ0n) is 11.5. The van der Waals surface area contributed by atoms with Crippen molar-refractivity contribution < 1.29 is 4.39 Å². The molecule has 1 aromatic rings. The van der Waals surface area contributed by atoms with Gasteiger partial charge in [-0.2, -0.15) is 0 Å². The van der Waals surface area contributed by atoms with E-state index >= 15 is 0 Å². The fraction of sp³-hybridized carbons (Fsp3) is 0.500. The molecule has 1 aliphatic rings. The van der Waals surface area contributed by atoms with Crippen LogP contribution in [-0.4, -0.2) is 19.0 Å². The fourth-order valence-corrected chi connectivity index (χ4v) is 2.29. The smallest absolute Gasteiger partial charge is 0.191 e. The molecule has 0 unspecified atom stereocenters. The van der Waals surface area contributed by atoms with Gasteiger partial charge in [0.1, 0.15) is 5.82 Å². The van der Waals surface area contributed by atoms with Gasteiger partial charge in [0.05, 0.1) is 6.54 Å². The summed E-state index contributed by atoms with van der Waals surface area (Å²) in [7, 11) is 0. The SMILES string of the molecule is CCNC(=NCc1cc(F)cc(Br)c1)NCC1CC1.I. The number of halogens is 3. The summed E-state index contributed by atoms with van der Waals surface area (Å²) in [4.78, 5) is 4.47. The van der Waals surface area contributed by atoms with Gasteiger partial charge in [0.25, 0.3) is 0 Å². The molecular weight excluding hydrogens is 436 g/mol. The molecule has 1 aromatic carbocycles. The van der Waals surface area contributed by atoms with Crippen molar-refractivity contribution in [2.45, 2.75) is 26.3 Å². The molecule has 0 radical (unpaired) electrons. The van der Waals surface area contributed by atoms with Crippen molar-refractivity contribution >= 4 is 45.9 Å². The molecule has 0 saturated heterocycles. The Morgan fingerprint density at radius 3 is 2.70 bits per heavy atom. The average Bonchev–Trinajstić information content (AvgIpc) is 3.15. The molecule has 0 atom stereocenters. The Morgan fingerprint density at radius 1 is 1.35 bits per heavy atom. The highest BCUT2D eigenvalue weighted by Crippen LogP contribution is 2.27. The molecule has 1 fully saturated rings. The molecule has 0 aliphatic heterocycles. The van der Waals surface area contributed by atoms with E-state index in [2.05, 4.69) is 31.6 Å². The topological polar surface area (TPSA) is 36.4 Å². The highest BCUT2D eigenvalue weighted by atomic mass is 127. The highest BCUT2D eigenvalue weighted by Gasteiger charge is 2.20. The van der Waals surface area contributed by atoms with E-state index < -0.39 is 0 Å². The van der Waals surface area contributed by atoms with Crippen LogP contribution < -0.4 is 10.6 Å². The van der Waals surface area contributed by atoms with Crippen molar-refractivity contribution in [2.75, 3.05) is 13.1 Å². The van der Waals surface area contributed by atoms with E-state index in [0.717, 1.165) is 35.0 Å². The number of benzene rings is 1. The Hall–Kier alpha value is -0.370. The molecule has 0 bridgehead atoms. The summed E-state index contributed by atoms with van der Waals surface area (Å²) in [6.07, 6.45) is 2.62. The number of guanidine groups is 1. The van der Waals surface area contributed by atoms with E-state index in [0.29, 0.717) is 6.54 Å². The van der Waals surface area contributed by atoms with Gasteiger partial charge in [0, 0.05) is 17.6 Å². The van der Waals surface area contributed by atoms with E-state index in [1.54, 1.807) is 0 Å².